The van der Waals surface area contributed by atoms with Crippen LogP contribution in [0.15, 0.2) is 85.2 Å². The first-order valence-electron chi connectivity index (χ1n) is 10.9. The third-order valence-electron chi connectivity index (χ3n) is 7.35. The smallest absolute Gasteiger partial charge is 0.145 e. The van der Waals surface area contributed by atoms with Gasteiger partial charge in [-0.25, -0.2) is 4.98 Å². The third-order valence-corrected chi connectivity index (χ3v) is 7.35. The zero-order valence-corrected chi connectivity index (χ0v) is 16.9. The molecule has 2 heteroatoms. The van der Waals surface area contributed by atoms with Gasteiger partial charge in [0, 0.05) is 23.2 Å². The fourth-order valence-electron chi connectivity index (χ4n) is 6.06. The van der Waals surface area contributed by atoms with Crippen LogP contribution < -0.4 is 0 Å². The van der Waals surface area contributed by atoms with Crippen molar-refractivity contribution < 1.29 is 0 Å². The molecule has 0 fully saturated rings. The Kier molecular flexibility index (Phi) is 2.77. The molecule has 4 aromatic carbocycles. The second-order valence-corrected chi connectivity index (χ2v) is 8.79. The van der Waals surface area contributed by atoms with Gasteiger partial charge < -0.3 is 0 Å². The highest BCUT2D eigenvalue weighted by molar-refractivity contribution is 6.17. The summed E-state index contributed by atoms with van der Waals surface area (Å²) in [6, 6.07) is 26.9. The van der Waals surface area contributed by atoms with Crippen LogP contribution in [0.25, 0.3) is 49.6 Å². The summed E-state index contributed by atoms with van der Waals surface area (Å²) in [4.78, 5) is 4.83. The van der Waals surface area contributed by atoms with Crippen molar-refractivity contribution in [2.24, 2.45) is 0 Å². The summed E-state index contributed by atoms with van der Waals surface area (Å²) in [6.07, 6.45) is 6.03. The van der Waals surface area contributed by atoms with Crippen molar-refractivity contribution in [3.05, 3.63) is 107 Å². The van der Waals surface area contributed by atoms with Crippen LogP contribution in [-0.4, -0.2) is 9.38 Å². The lowest BCUT2D eigenvalue weighted by Crippen LogP contribution is -1.97. The average molecular weight is 394 g/mol. The number of hydrogen-bond donors (Lipinski definition) is 0. The molecule has 31 heavy (non-hydrogen) atoms. The molecule has 0 unspecified atom stereocenters. The summed E-state index contributed by atoms with van der Waals surface area (Å²) in [5.74, 6) is 0. The van der Waals surface area contributed by atoms with E-state index in [-0.39, 0.29) is 0 Å². The molecule has 2 nitrogen and oxygen atoms in total. The third kappa shape index (κ3) is 1.87. The Hall–Kier alpha value is -3.91. The van der Waals surface area contributed by atoms with E-state index in [9.17, 15) is 0 Å². The van der Waals surface area contributed by atoms with Gasteiger partial charge >= 0.3 is 0 Å². The molecule has 144 valence electrons. The summed E-state index contributed by atoms with van der Waals surface area (Å²) in [5.41, 5.74) is 13.5. The van der Waals surface area contributed by atoms with Crippen LogP contribution >= 0.6 is 0 Å². The summed E-state index contributed by atoms with van der Waals surface area (Å²) >= 11 is 0. The second kappa shape index (κ2) is 5.41. The van der Waals surface area contributed by atoms with Gasteiger partial charge in [-0.3, -0.25) is 4.40 Å². The Labute approximate surface area is 179 Å². The predicted octanol–water partition coefficient (Wildman–Crippen LogP) is 6.78. The molecular weight excluding hydrogens is 376 g/mol. The summed E-state index contributed by atoms with van der Waals surface area (Å²) in [7, 11) is 0. The predicted molar refractivity (Wildman–Crippen MR) is 127 cm³/mol. The molecule has 0 N–H and O–H groups in total. The lowest BCUT2D eigenvalue weighted by atomic mass is 9.93. The number of pyridine rings is 1. The van der Waals surface area contributed by atoms with E-state index >= 15 is 0 Å². The minimum absolute atomic E-state index is 0.978. The first-order valence-corrected chi connectivity index (χ1v) is 10.9. The molecule has 2 aliphatic rings. The molecule has 2 aliphatic carbocycles. The highest BCUT2D eigenvalue weighted by atomic mass is 15.0. The zero-order valence-electron chi connectivity index (χ0n) is 16.9. The van der Waals surface area contributed by atoms with Crippen molar-refractivity contribution in [3.8, 4) is 22.3 Å². The summed E-state index contributed by atoms with van der Waals surface area (Å²) < 4.78 is 2.30. The van der Waals surface area contributed by atoms with Gasteiger partial charge in [0.25, 0.3) is 0 Å². The van der Waals surface area contributed by atoms with Crippen LogP contribution in [0.4, 0.5) is 0 Å². The minimum atomic E-state index is 0.978. The van der Waals surface area contributed by atoms with E-state index in [1.54, 1.807) is 0 Å². The highest BCUT2D eigenvalue weighted by Gasteiger charge is 2.26. The van der Waals surface area contributed by atoms with Crippen molar-refractivity contribution in [2.75, 3.05) is 0 Å². The average Bonchev–Trinajstić information content (AvgIpc) is 3.53. The first-order chi connectivity index (χ1) is 15.4. The Morgan fingerprint density at radius 3 is 2.00 bits per heavy atom. The minimum Gasteiger partial charge on any atom is -0.299 e. The maximum atomic E-state index is 4.83. The number of imidazole rings is 1. The van der Waals surface area contributed by atoms with Crippen LogP contribution in [0.5, 0.6) is 0 Å². The van der Waals surface area contributed by atoms with Gasteiger partial charge in [0.2, 0.25) is 0 Å². The Balaban J connectivity index is 1.57. The fraction of sp³-hybridized carbons (Fsp3) is 0.0690. The molecule has 6 aromatic rings. The van der Waals surface area contributed by atoms with E-state index in [0.717, 1.165) is 18.5 Å². The van der Waals surface area contributed by atoms with Crippen LogP contribution in [0.3, 0.4) is 0 Å². The van der Waals surface area contributed by atoms with Crippen LogP contribution in [0, 0.1) is 0 Å². The summed E-state index contributed by atoms with van der Waals surface area (Å²) in [6.45, 7) is 0. The van der Waals surface area contributed by atoms with Crippen molar-refractivity contribution in [1.29, 1.82) is 0 Å². The summed E-state index contributed by atoms with van der Waals surface area (Å²) in [5, 5.41) is 4.04. The number of benzene rings is 4. The largest absolute Gasteiger partial charge is 0.299 e. The standard InChI is InChI=1S/C29H18N2/c1-4-8-20-17(5-1)15-24-22(20)11-12-26-27(24)23-10-9-21-19-7-3-2-6-18(19)16-25(21)28(23)29-30-13-14-31(26)29/h1-14H,15-16H2. The maximum absolute atomic E-state index is 4.83. The number of hydrogen-bond acceptors (Lipinski definition) is 1. The molecule has 2 heterocycles. The van der Waals surface area contributed by atoms with Gasteiger partial charge in [-0.15, -0.1) is 0 Å². The van der Waals surface area contributed by atoms with E-state index in [1.807, 2.05) is 6.20 Å². The molecule has 0 saturated carbocycles. The molecule has 2 aromatic heterocycles. The lowest BCUT2D eigenvalue weighted by molar-refractivity contribution is 1.24. The van der Waals surface area contributed by atoms with Crippen LogP contribution in [0.1, 0.15) is 22.3 Å². The Morgan fingerprint density at radius 2 is 1.26 bits per heavy atom. The molecule has 0 saturated heterocycles. The Morgan fingerprint density at radius 1 is 0.613 bits per heavy atom. The quantitative estimate of drug-likeness (QED) is 0.259. The molecule has 0 atom stereocenters. The van der Waals surface area contributed by atoms with E-state index < -0.39 is 0 Å². The first kappa shape index (κ1) is 15.9. The molecular formula is C29H18N2. The fourth-order valence-corrected chi connectivity index (χ4v) is 6.06. The molecule has 0 amide bonds. The molecule has 0 radical (unpaired) electrons. The van der Waals surface area contributed by atoms with Crippen LogP contribution in [0.2, 0.25) is 0 Å². The van der Waals surface area contributed by atoms with Gasteiger partial charge in [-0.05, 0) is 68.8 Å². The van der Waals surface area contributed by atoms with Gasteiger partial charge in [-0.2, -0.15) is 0 Å². The number of aromatic nitrogens is 2. The topological polar surface area (TPSA) is 17.3 Å². The molecule has 0 bridgehead atoms. The number of fused-ring (bicyclic) bond motifs is 14. The lowest BCUT2D eigenvalue weighted by Gasteiger charge is -2.15. The van der Waals surface area contributed by atoms with Gasteiger partial charge in [0.15, 0.2) is 0 Å². The van der Waals surface area contributed by atoms with E-state index in [4.69, 9.17) is 4.98 Å². The van der Waals surface area contributed by atoms with E-state index in [0.29, 0.717) is 0 Å². The van der Waals surface area contributed by atoms with Crippen molar-refractivity contribution >= 4 is 27.3 Å². The van der Waals surface area contributed by atoms with Gasteiger partial charge in [-0.1, -0.05) is 66.7 Å². The molecule has 0 aliphatic heterocycles. The van der Waals surface area contributed by atoms with Crippen LogP contribution in [-0.2, 0) is 12.8 Å². The molecule has 0 spiro atoms. The second-order valence-electron chi connectivity index (χ2n) is 8.79. The van der Waals surface area contributed by atoms with Gasteiger partial charge in [0.1, 0.15) is 5.65 Å². The normalized spacial score (nSPS) is 13.5. The van der Waals surface area contributed by atoms with Crippen molar-refractivity contribution in [3.63, 3.8) is 0 Å². The number of nitrogens with zero attached hydrogens (tertiary/aromatic N) is 2. The van der Waals surface area contributed by atoms with Gasteiger partial charge in [0.05, 0.1) is 5.52 Å². The van der Waals surface area contributed by atoms with Crippen molar-refractivity contribution in [2.45, 2.75) is 12.8 Å². The maximum Gasteiger partial charge on any atom is 0.145 e. The van der Waals surface area contributed by atoms with E-state index in [1.165, 1.54) is 66.2 Å². The highest BCUT2D eigenvalue weighted by Crippen LogP contribution is 2.47. The zero-order chi connectivity index (χ0) is 20.1. The SMILES string of the molecule is c1ccc2c(c1)Cc1c-2ccc2c1c1ccc3c(c1c1nccn21)Cc1ccccc1-3. The molecule has 8 rings (SSSR count). The number of rotatable bonds is 0. The van der Waals surface area contributed by atoms with E-state index in [2.05, 4.69) is 83.4 Å². The monoisotopic (exact) mass is 394 g/mol. The van der Waals surface area contributed by atoms with Crippen molar-refractivity contribution in [1.82, 2.24) is 9.38 Å². The Bertz CT molecular complexity index is 1740.